The maximum absolute atomic E-state index is 12.5. The smallest absolute Gasteiger partial charge is 0.261 e. The van der Waals surface area contributed by atoms with Gasteiger partial charge in [-0.25, -0.2) is 4.98 Å². The molecule has 4 aromatic rings. The van der Waals surface area contributed by atoms with Gasteiger partial charge < -0.3 is 14.6 Å². The summed E-state index contributed by atoms with van der Waals surface area (Å²) in [5.41, 5.74) is 0.453. The van der Waals surface area contributed by atoms with E-state index in [0.29, 0.717) is 22.4 Å². The molecule has 6 nitrogen and oxygen atoms in total. The molecule has 29 heavy (non-hydrogen) atoms. The van der Waals surface area contributed by atoms with Crippen LogP contribution < -0.4 is 15.0 Å². The monoisotopic (exact) mass is 388 g/mol. The number of ether oxygens (including phenoxy) is 2. The SMILES string of the molecule is O=c1c2ccccc2ncn1CC(O)COc1ccc(Oc2ccccc2)cc1. The Balaban J connectivity index is 1.34. The average molecular weight is 388 g/mol. The Morgan fingerprint density at radius 2 is 1.52 bits per heavy atom. The number of hydrogen-bond donors (Lipinski definition) is 1. The lowest BCUT2D eigenvalue weighted by atomic mass is 10.2. The summed E-state index contributed by atoms with van der Waals surface area (Å²) < 4.78 is 12.8. The average Bonchev–Trinajstić information content (AvgIpc) is 2.76. The van der Waals surface area contributed by atoms with Crippen LogP contribution in [0.5, 0.6) is 17.2 Å². The lowest BCUT2D eigenvalue weighted by Crippen LogP contribution is -2.30. The first-order valence-corrected chi connectivity index (χ1v) is 9.27. The summed E-state index contributed by atoms with van der Waals surface area (Å²) in [6, 6.07) is 23.8. The van der Waals surface area contributed by atoms with Crippen molar-refractivity contribution in [3.05, 3.63) is 95.5 Å². The summed E-state index contributed by atoms with van der Waals surface area (Å²) in [4.78, 5) is 16.7. The first-order valence-electron chi connectivity index (χ1n) is 9.27. The van der Waals surface area contributed by atoms with E-state index in [1.807, 2.05) is 36.4 Å². The number of aromatic nitrogens is 2. The summed E-state index contributed by atoms with van der Waals surface area (Å²) in [5.74, 6) is 2.05. The number of hydrogen-bond acceptors (Lipinski definition) is 5. The summed E-state index contributed by atoms with van der Waals surface area (Å²) in [6.07, 6.45) is 0.597. The third kappa shape index (κ3) is 4.62. The van der Waals surface area contributed by atoms with Gasteiger partial charge in [0.2, 0.25) is 0 Å². The highest BCUT2D eigenvalue weighted by Crippen LogP contribution is 2.23. The van der Waals surface area contributed by atoms with Crippen LogP contribution >= 0.6 is 0 Å². The predicted molar refractivity (Wildman–Crippen MR) is 110 cm³/mol. The molecule has 0 aliphatic heterocycles. The second-order valence-electron chi connectivity index (χ2n) is 6.57. The van der Waals surface area contributed by atoms with Crippen LogP contribution in [0.2, 0.25) is 0 Å². The molecule has 0 radical (unpaired) electrons. The summed E-state index contributed by atoms with van der Waals surface area (Å²) in [6.45, 7) is 0.157. The Kier molecular flexibility index (Phi) is 5.54. The molecular formula is C23H20N2O4. The lowest BCUT2D eigenvalue weighted by Gasteiger charge is -2.14. The van der Waals surface area contributed by atoms with E-state index in [1.54, 1.807) is 42.5 Å². The molecule has 1 N–H and O–H groups in total. The van der Waals surface area contributed by atoms with Gasteiger partial charge in [0.25, 0.3) is 5.56 Å². The van der Waals surface area contributed by atoms with Crippen molar-refractivity contribution >= 4 is 10.9 Å². The standard InChI is InChI=1S/C23H20N2O4/c26-17(14-25-16-24-22-9-5-4-8-21(22)23(25)27)15-28-18-10-12-20(13-11-18)29-19-6-2-1-3-7-19/h1-13,16-17,26H,14-15H2. The highest BCUT2D eigenvalue weighted by molar-refractivity contribution is 5.76. The molecule has 0 bridgehead atoms. The fourth-order valence-corrected chi connectivity index (χ4v) is 2.94. The van der Waals surface area contributed by atoms with Crippen LogP contribution in [0, 0.1) is 0 Å². The minimum Gasteiger partial charge on any atom is -0.491 e. The van der Waals surface area contributed by atoms with E-state index >= 15 is 0 Å². The molecule has 0 saturated carbocycles. The first-order chi connectivity index (χ1) is 14.2. The fourth-order valence-electron chi connectivity index (χ4n) is 2.94. The molecule has 0 spiro atoms. The number of aliphatic hydroxyl groups excluding tert-OH is 1. The number of para-hydroxylation sites is 2. The normalized spacial score (nSPS) is 11.9. The zero-order valence-corrected chi connectivity index (χ0v) is 15.6. The molecule has 1 aromatic heterocycles. The van der Waals surface area contributed by atoms with Gasteiger partial charge >= 0.3 is 0 Å². The van der Waals surface area contributed by atoms with Gasteiger partial charge in [-0.15, -0.1) is 0 Å². The van der Waals surface area contributed by atoms with E-state index in [-0.39, 0.29) is 18.7 Å². The van der Waals surface area contributed by atoms with Gasteiger partial charge in [-0.2, -0.15) is 0 Å². The number of fused-ring (bicyclic) bond motifs is 1. The molecule has 0 amide bonds. The first kappa shape index (κ1) is 18.7. The van der Waals surface area contributed by atoms with Crippen molar-refractivity contribution < 1.29 is 14.6 Å². The van der Waals surface area contributed by atoms with Crippen LogP contribution in [0.15, 0.2) is 90.0 Å². The molecule has 6 heteroatoms. The quantitative estimate of drug-likeness (QED) is 0.523. The topological polar surface area (TPSA) is 73.6 Å². The zero-order chi connectivity index (χ0) is 20.1. The predicted octanol–water partition coefficient (Wildman–Crippen LogP) is 3.63. The Hall–Kier alpha value is -3.64. The molecule has 1 heterocycles. The molecule has 0 aliphatic carbocycles. The van der Waals surface area contributed by atoms with Gasteiger partial charge in [0, 0.05) is 0 Å². The van der Waals surface area contributed by atoms with E-state index in [1.165, 1.54) is 10.9 Å². The minimum atomic E-state index is -0.851. The van der Waals surface area contributed by atoms with Gasteiger partial charge in [-0.3, -0.25) is 9.36 Å². The Bertz CT molecular complexity index is 1140. The second kappa shape index (κ2) is 8.58. The third-order valence-electron chi connectivity index (χ3n) is 4.38. The van der Waals surface area contributed by atoms with Gasteiger partial charge in [0.15, 0.2) is 0 Å². The van der Waals surface area contributed by atoms with Crippen LogP contribution in [-0.2, 0) is 6.54 Å². The van der Waals surface area contributed by atoms with Crippen molar-refractivity contribution in [3.8, 4) is 17.2 Å². The van der Waals surface area contributed by atoms with Crippen molar-refractivity contribution in [2.24, 2.45) is 0 Å². The van der Waals surface area contributed by atoms with Crippen LogP contribution in [0.25, 0.3) is 10.9 Å². The number of rotatable bonds is 7. The number of nitrogens with zero attached hydrogens (tertiary/aromatic N) is 2. The van der Waals surface area contributed by atoms with Crippen LogP contribution in [0.4, 0.5) is 0 Å². The van der Waals surface area contributed by atoms with Gasteiger partial charge in [-0.1, -0.05) is 30.3 Å². The Labute approximate surface area is 167 Å². The molecular weight excluding hydrogens is 368 g/mol. The van der Waals surface area contributed by atoms with E-state index in [9.17, 15) is 9.90 Å². The minimum absolute atomic E-state index is 0.0537. The zero-order valence-electron chi connectivity index (χ0n) is 15.6. The lowest BCUT2D eigenvalue weighted by molar-refractivity contribution is 0.0914. The molecule has 0 aliphatic rings. The van der Waals surface area contributed by atoms with Crippen molar-refractivity contribution in [1.29, 1.82) is 0 Å². The Morgan fingerprint density at radius 1 is 0.862 bits per heavy atom. The molecule has 0 fully saturated rings. The van der Waals surface area contributed by atoms with Crippen molar-refractivity contribution in [1.82, 2.24) is 9.55 Å². The highest BCUT2D eigenvalue weighted by Gasteiger charge is 2.10. The van der Waals surface area contributed by atoms with Crippen LogP contribution in [0.1, 0.15) is 0 Å². The molecule has 146 valence electrons. The van der Waals surface area contributed by atoms with Crippen molar-refractivity contribution in [2.45, 2.75) is 12.6 Å². The molecule has 4 rings (SSSR count). The van der Waals surface area contributed by atoms with Crippen molar-refractivity contribution in [3.63, 3.8) is 0 Å². The van der Waals surface area contributed by atoms with Crippen molar-refractivity contribution in [2.75, 3.05) is 6.61 Å². The van der Waals surface area contributed by atoms with E-state index < -0.39 is 6.10 Å². The van der Waals surface area contributed by atoms with Gasteiger partial charge in [0.05, 0.1) is 23.8 Å². The second-order valence-corrected chi connectivity index (χ2v) is 6.57. The largest absolute Gasteiger partial charge is 0.491 e. The maximum atomic E-state index is 12.5. The number of aliphatic hydroxyl groups is 1. The molecule has 3 aromatic carbocycles. The summed E-state index contributed by atoms with van der Waals surface area (Å²) in [7, 11) is 0. The van der Waals surface area contributed by atoms with Crippen LogP contribution in [-0.4, -0.2) is 27.4 Å². The van der Waals surface area contributed by atoms with Gasteiger partial charge in [-0.05, 0) is 48.5 Å². The Morgan fingerprint density at radius 3 is 2.31 bits per heavy atom. The van der Waals surface area contributed by atoms with E-state index in [0.717, 1.165) is 5.75 Å². The third-order valence-corrected chi connectivity index (χ3v) is 4.38. The van der Waals surface area contributed by atoms with Gasteiger partial charge in [0.1, 0.15) is 30.0 Å². The fraction of sp³-hybridized carbons (Fsp3) is 0.130. The summed E-state index contributed by atoms with van der Waals surface area (Å²) in [5, 5.41) is 10.8. The highest BCUT2D eigenvalue weighted by atomic mass is 16.5. The van der Waals surface area contributed by atoms with E-state index in [2.05, 4.69) is 4.98 Å². The number of benzene rings is 3. The maximum Gasteiger partial charge on any atom is 0.261 e. The molecule has 1 atom stereocenters. The van der Waals surface area contributed by atoms with E-state index in [4.69, 9.17) is 9.47 Å². The molecule has 1 unspecified atom stereocenters. The summed E-state index contributed by atoms with van der Waals surface area (Å²) >= 11 is 0. The molecule has 0 saturated heterocycles. The van der Waals surface area contributed by atoms with Crippen LogP contribution in [0.3, 0.4) is 0 Å².